The van der Waals surface area contributed by atoms with Gasteiger partial charge in [0, 0.05) is 12.6 Å². The molecule has 0 spiro atoms. The van der Waals surface area contributed by atoms with Gasteiger partial charge in [-0.15, -0.1) is 0 Å². The Morgan fingerprint density at radius 3 is 2.75 bits per heavy atom. The van der Waals surface area contributed by atoms with Crippen LogP contribution in [0, 0.1) is 5.82 Å². The average molecular weight is 385 g/mol. The molecule has 2 aromatic carbocycles. The molecule has 1 aliphatic heterocycles. The van der Waals surface area contributed by atoms with Crippen molar-refractivity contribution in [1.29, 1.82) is 0 Å². The van der Waals surface area contributed by atoms with E-state index in [1.54, 1.807) is 36.3 Å². The van der Waals surface area contributed by atoms with Gasteiger partial charge in [0.2, 0.25) is 5.91 Å². The van der Waals surface area contributed by atoms with E-state index in [0.29, 0.717) is 37.8 Å². The van der Waals surface area contributed by atoms with E-state index in [-0.39, 0.29) is 17.8 Å². The van der Waals surface area contributed by atoms with E-state index >= 15 is 0 Å². The molecule has 1 heterocycles. The molecular weight excluding hydrogens is 361 g/mol. The number of carbonyl (C=O) groups excluding carboxylic acids is 1. The van der Waals surface area contributed by atoms with Gasteiger partial charge in [-0.25, -0.2) is 4.39 Å². The van der Waals surface area contributed by atoms with Gasteiger partial charge < -0.3 is 19.1 Å². The van der Waals surface area contributed by atoms with Crippen LogP contribution in [0.25, 0.3) is 6.08 Å². The summed E-state index contributed by atoms with van der Waals surface area (Å²) in [6, 6.07) is 11.7. The third-order valence-corrected chi connectivity index (χ3v) is 4.53. The monoisotopic (exact) mass is 385 g/mol. The molecule has 1 saturated heterocycles. The molecule has 0 saturated carbocycles. The Labute approximate surface area is 164 Å². The minimum absolute atomic E-state index is 0.0942. The first-order valence-corrected chi connectivity index (χ1v) is 9.25. The molecule has 6 heteroatoms. The van der Waals surface area contributed by atoms with Gasteiger partial charge in [0.15, 0.2) is 11.5 Å². The van der Waals surface area contributed by atoms with Crippen LogP contribution in [0.4, 0.5) is 4.39 Å². The molecule has 5 nitrogen and oxygen atoms in total. The van der Waals surface area contributed by atoms with Crippen LogP contribution in [0.3, 0.4) is 0 Å². The van der Waals surface area contributed by atoms with Crippen LogP contribution in [0.5, 0.6) is 11.5 Å². The number of carbonyl (C=O) groups is 1. The Bertz CT molecular complexity index is 835. The van der Waals surface area contributed by atoms with Gasteiger partial charge in [0.05, 0.1) is 26.9 Å². The second-order valence-corrected chi connectivity index (χ2v) is 6.37. The molecule has 148 valence electrons. The van der Waals surface area contributed by atoms with Gasteiger partial charge in [-0.05, 0) is 48.4 Å². The molecule has 0 bridgehead atoms. The number of hydrogen-bond donors (Lipinski definition) is 0. The molecule has 1 unspecified atom stereocenters. The zero-order chi connectivity index (χ0) is 19.9. The summed E-state index contributed by atoms with van der Waals surface area (Å²) in [5.41, 5.74) is 1.70. The number of methoxy groups -OCH3 is 1. The predicted octanol–water partition coefficient (Wildman–Crippen LogP) is 3.85. The first kappa shape index (κ1) is 19.9. The number of benzene rings is 2. The van der Waals surface area contributed by atoms with E-state index in [2.05, 4.69) is 0 Å². The second-order valence-electron chi connectivity index (χ2n) is 6.37. The fraction of sp³-hybridized carbons (Fsp3) is 0.318. The van der Waals surface area contributed by atoms with Gasteiger partial charge in [0.25, 0.3) is 0 Å². The summed E-state index contributed by atoms with van der Waals surface area (Å²) in [5.74, 6) is 0.910. The summed E-state index contributed by atoms with van der Waals surface area (Å²) in [7, 11) is 1.58. The topological polar surface area (TPSA) is 48.0 Å². The van der Waals surface area contributed by atoms with E-state index in [0.717, 1.165) is 11.1 Å². The van der Waals surface area contributed by atoms with Crippen LogP contribution in [-0.4, -0.2) is 44.2 Å². The summed E-state index contributed by atoms with van der Waals surface area (Å²) in [5, 5.41) is 0. The van der Waals surface area contributed by atoms with Crippen molar-refractivity contribution in [2.45, 2.75) is 13.0 Å². The number of morpholine rings is 1. The van der Waals surface area contributed by atoms with Crippen LogP contribution in [-0.2, 0) is 9.53 Å². The Morgan fingerprint density at radius 2 is 2.04 bits per heavy atom. The van der Waals surface area contributed by atoms with Crippen LogP contribution in [0.2, 0.25) is 0 Å². The lowest BCUT2D eigenvalue weighted by atomic mass is 10.1. The summed E-state index contributed by atoms with van der Waals surface area (Å²) in [6.07, 6.45) is 3.04. The predicted molar refractivity (Wildman–Crippen MR) is 105 cm³/mol. The largest absolute Gasteiger partial charge is 0.493 e. The number of ether oxygens (including phenoxy) is 3. The van der Waals surface area contributed by atoms with Gasteiger partial charge in [-0.3, -0.25) is 4.79 Å². The van der Waals surface area contributed by atoms with Crippen molar-refractivity contribution < 1.29 is 23.4 Å². The number of halogens is 1. The van der Waals surface area contributed by atoms with Crippen LogP contribution < -0.4 is 9.47 Å². The van der Waals surface area contributed by atoms with Crippen molar-refractivity contribution in [3.05, 3.63) is 65.5 Å². The zero-order valence-corrected chi connectivity index (χ0v) is 16.1. The summed E-state index contributed by atoms with van der Waals surface area (Å²) < 4.78 is 29.7. The van der Waals surface area contributed by atoms with Crippen LogP contribution >= 0.6 is 0 Å². The Hall–Kier alpha value is -2.86. The molecule has 28 heavy (non-hydrogen) atoms. The molecule has 0 radical (unpaired) electrons. The highest BCUT2D eigenvalue weighted by Crippen LogP contribution is 2.28. The average Bonchev–Trinajstić information content (AvgIpc) is 2.73. The molecule has 3 rings (SSSR count). The smallest absolute Gasteiger partial charge is 0.246 e. The first-order valence-electron chi connectivity index (χ1n) is 9.25. The van der Waals surface area contributed by atoms with Crippen molar-refractivity contribution in [1.82, 2.24) is 4.90 Å². The second kappa shape index (κ2) is 9.37. The van der Waals surface area contributed by atoms with Gasteiger partial charge in [-0.1, -0.05) is 18.2 Å². The van der Waals surface area contributed by atoms with E-state index in [1.807, 2.05) is 25.1 Å². The number of amides is 1. The number of nitrogens with zero attached hydrogens (tertiary/aromatic N) is 1. The Kier molecular flexibility index (Phi) is 6.66. The molecule has 0 aliphatic carbocycles. The van der Waals surface area contributed by atoms with Crippen molar-refractivity contribution in [3.8, 4) is 11.5 Å². The lowest BCUT2D eigenvalue weighted by Crippen LogP contribution is -2.41. The Balaban J connectivity index is 1.66. The minimum Gasteiger partial charge on any atom is -0.493 e. The molecule has 1 aliphatic rings. The fourth-order valence-electron chi connectivity index (χ4n) is 3.06. The van der Waals surface area contributed by atoms with Crippen molar-refractivity contribution in [3.63, 3.8) is 0 Å². The first-order chi connectivity index (χ1) is 13.6. The van der Waals surface area contributed by atoms with Gasteiger partial charge in [0.1, 0.15) is 11.9 Å². The third-order valence-electron chi connectivity index (χ3n) is 4.53. The highest BCUT2D eigenvalue weighted by molar-refractivity contribution is 5.92. The van der Waals surface area contributed by atoms with Crippen molar-refractivity contribution >= 4 is 12.0 Å². The van der Waals surface area contributed by atoms with Gasteiger partial charge in [-0.2, -0.15) is 0 Å². The molecule has 2 aromatic rings. The number of hydrogen-bond acceptors (Lipinski definition) is 4. The zero-order valence-electron chi connectivity index (χ0n) is 16.1. The normalized spacial score (nSPS) is 17.0. The summed E-state index contributed by atoms with van der Waals surface area (Å²) in [4.78, 5) is 14.3. The van der Waals surface area contributed by atoms with E-state index in [4.69, 9.17) is 14.2 Å². The highest BCUT2D eigenvalue weighted by atomic mass is 19.1. The van der Waals surface area contributed by atoms with E-state index < -0.39 is 0 Å². The van der Waals surface area contributed by atoms with E-state index in [9.17, 15) is 9.18 Å². The molecule has 1 fully saturated rings. The molecule has 0 aromatic heterocycles. The lowest BCUT2D eigenvalue weighted by Gasteiger charge is -2.32. The van der Waals surface area contributed by atoms with Crippen molar-refractivity contribution in [2.24, 2.45) is 0 Å². The maximum Gasteiger partial charge on any atom is 0.246 e. The third kappa shape index (κ3) is 4.89. The quantitative estimate of drug-likeness (QED) is 0.709. The molecule has 1 atom stereocenters. The van der Waals surface area contributed by atoms with Crippen LogP contribution in [0.1, 0.15) is 24.2 Å². The standard InChI is InChI=1S/C22H24FNO4/c1-3-27-19-10-4-16(14-20(19)26-2)5-11-22(25)24-12-13-28-21(15-24)17-6-8-18(23)9-7-17/h4-11,14,21H,3,12-13,15H2,1-2H3/b11-5+. The molecule has 0 N–H and O–H groups in total. The number of rotatable bonds is 6. The fourth-order valence-corrected chi connectivity index (χ4v) is 3.06. The maximum atomic E-state index is 13.1. The minimum atomic E-state index is -0.291. The summed E-state index contributed by atoms with van der Waals surface area (Å²) >= 11 is 0. The lowest BCUT2D eigenvalue weighted by molar-refractivity contribution is -0.133. The molecule has 1 amide bonds. The van der Waals surface area contributed by atoms with Crippen molar-refractivity contribution in [2.75, 3.05) is 33.4 Å². The van der Waals surface area contributed by atoms with Crippen LogP contribution in [0.15, 0.2) is 48.5 Å². The Morgan fingerprint density at radius 1 is 1.25 bits per heavy atom. The van der Waals surface area contributed by atoms with E-state index in [1.165, 1.54) is 12.1 Å². The SMILES string of the molecule is CCOc1ccc(/C=C/C(=O)N2CCOC(c3ccc(F)cc3)C2)cc1OC. The maximum absolute atomic E-state index is 13.1. The molecular formula is C22H24FNO4. The van der Waals surface area contributed by atoms with Gasteiger partial charge >= 0.3 is 0 Å². The summed E-state index contributed by atoms with van der Waals surface area (Å²) in [6.45, 7) is 3.86. The highest BCUT2D eigenvalue weighted by Gasteiger charge is 2.24.